The van der Waals surface area contributed by atoms with Crippen LogP contribution in [0, 0.1) is 6.92 Å². The molecule has 4 heterocycles. The number of aromatic nitrogens is 2. The monoisotopic (exact) mass is 438 g/mol. The van der Waals surface area contributed by atoms with E-state index in [9.17, 15) is 4.79 Å². The number of nitrogens with zero attached hydrogens (tertiary/aromatic N) is 3. The minimum Gasteiger partial charge on any atom is -0.351 e. The SMILES string of the molecule is Cc1cc(C(=O)Nc2sc3c(c2-c2nc4ccccc4s2)CCN(C(C)C)C3)on1. The number of rotatable bonds is 4. The van der Waals surface area contributed by atoms with Crippen molar-refractivity contribution in [1.82, 2.24) is 15.0 Å². The Labute approximate surface area is 182 Å². The van der Waals surface area contributed by atoms with Gasteiger partial charge in [-0.15, -0.1) is 22.7 Å². The van der Waals surface area contributed by atoms with E-state index in [4.69, 9.17) is 9.51 Å². The number of aryl methyl sites for hydroxylation is 1. The Morgan fingerprint density at radius 3 is 2.83 bits per heavy atom. The van der Waals surface area contributed by atoms with Crippen molar-refractivity contribution in [2.75, 3.05) is 11.9 Å². The smallest absolute Gasteiger partial charge is 0.294 e. The predicted molar refractivity (Wildman–Crippen MR) is 121 cm³/mol. The van der Waals surface area contributed by atoms with E-state index < -0.39 is 0 Å². The zero-order chi connectivity index (χ0) is 20.8. The van der Waals surface area contributed by atoms with E-state index in [-0.39, 0.29) is 11.7 Å². The van der Waals surface area contributed by atoms with Crippen molar-refractivity contribution in [3.8, 4) is 10.6 Å². The third-order valence-corrected chi connectivity index (χ3v) is 7.59. The first kappa shape index (κ1) is 19.4. The Bertz CT molecular complexity index is 1200. The molecule has 6 nitrogen and oxygen atoms in total. The standard InChI is InChI=1S/C22H22N4O2S2/c1-12(2)26-9-8-14-18(11-26)30-22(24-20(27)16-10-13(3)25-28-16)19(14)21-23-15-6-4-5-7-17(15)29-21/h4-7,10,12H,8-9,11H2,1-3H3,(H,24,27). The lowest BCUT2D eigenvalue weighted by molar-refractivity contribution is 0.0988. The molecule has 1 amide bonds. The van der Waals surface area contributed by atoms with E-state index in [1.165, 1.54) is 10.4 Å². The second-order valence-electron chi connectivity index (χ2n) is 7.80. The van der Waals surface area contributed by atoms with Gasteiger partial charge < -0.3 is 9.84 Å². The summed E-state index contributed by atoms with van der Waals surface area (Å²) >= 11 is 3.32. The first-order valence-corrected chi connectivity index (χ1v) is 11.6. The number of hydrogen-bond donors (Lipinski definition) is 1. The van der Waals surface area contributed by atoms with Crippen molar-refractivity contribution in [2.24, 2.45) is 0 Å². The molecule has 1 aliphatic heterocycles. The number of nitrogens with one attached hydrogen (secondary N) is 1. The molecule has 0 spiro atoms. The molecule has 154 valence electrons. The highest BCUT2D eigenvalue weighted by molar-refractivity contribution is 7.22. The van der Waals surface area contributed by atoms with E-state index in [0.29, 0.717) is 11.7 Å². The van der Waals surface area contributed by atoms with Gasteiger partial charge in [0.1, 0.15) is 10.0 Å². The third kappa shape index (κ3) is 3.45. The fourth-order valence-electron chi connectivity index (χ4n) is 3.79. The van der Waals surface area contributed by atoms with Gasteiger partial charge in [0.2, 0.25) is 5.76 Å². The number of para-hydroxylation sites is 1. The molecule has 5 rings (SSSR count). The van der Waals surface area contributed by atoms with Crippen LogP contribution in [-0.2, 0) is 13.0 Å². The van der Waals surface area contributed by atoms with Gasteiger partial charge in [-0.3, -0.25) is 9.69 Å². The zero-order valence-electron chi connectivity index (χ0n) is 17.1. The van der Waals surface area contributed by atoms with E-state index in [1.807, 2.05) is 18.2 Å². The van der Waals surface area contributed by atoms with Crippen LogP contribution >= 0.6 is 22.7 Å². The van der Waals surface area contributed by atoms with E-state index in [0.717, 1.165) is 45.3 Å². The van der Waals surface area contributed by atoms with Gasteiger partial charge in [-0.2, -0.15) is 0 Å². The summed E-state index contributed by atoms with van der Waals surface area (Å²) < 4.78 is 6.31. The van der Waals surface area contributed by atoms with Crippen LogP contribution in [0.5, 0.6) is 0 Å². The van der Waals surface area contributed by atoms with Crippen LogP contribution in [0.2, 0.25) is 0 Å². The molecule has 4 aromatic rings. The van der Waals surface area contributed by atoms with Crippen LogP contribution in [0.15, 0.2) is 34.9 Å². The number of benzene rings is 1. The van der Waals surface area contributed by atoms with Gasteiger partial charge in [0.15, 0.2) is 0 Å². The van der Waals surface area contributed by atoms with Gasteiger partial charge >= 0.3 is 0 Å². The topological polar surface area (TPSA) is 71.3 Å². The molecule has 0 saturated carbocycles. The van der Waals surface area contributed by atoms with Crippen molar-refractivity contribution in [1.29, 1.82) is 0 Å². The number of fused-ring (bicyclic) bond motifs is 2. The quantitative estimate of drug-likeness (QED) is 0.466. The van der Waals surface area contributed by atoms with Gasteiger partial charge in [0.05, 0.1) is 15.9 Å². The molecule has 0 fully saturated rings. The van der Waals surface area contributed by atoms with Crippen LogP contribution in [0.1, 0.15) is 40.5 Å². The van der Waals surface area contributed by atoms with Crippen LogP contribution in [-0.4, -0.2) is 33.5 Å². The molecular weight excluding hydrogens is 416 g/mol. The van der Waals surface area contributed by atoms with Crippen molar-refractivity contribution in [3.05, 3.63) is 52.2 Å². The average Bonchev–Trinajstić information content (AvgIpc) is 3.42. The summed E-state index contributed by atoms with van der Waals surface area (Å²) in [6, 6.07) is 10.3. The molecule has 1 aromatic carbocycles. The maximum absolute atomic E-state index is 12.8. The fourth-order valence-corrected chi connectivity index (χ4v) is 6.17. The maximum atomic E-state index is 12.8. The normalized spacial score (nSPS) is 14.4. The van der Waals surface area contributed by atoms with Gasteiger partial charge in [0, 0.05) is 35.6 Å². The number of carbonyl (C=O) groups is 1. The Balaban J connectivity index is 1.59. The molecule has 8 heteroatoms. The summed E-state index contributed by atoms with van der Waals surface area (Å²) in [5.41, 5.74) is 4.04. The van der Waals surface area contributed by atoms with Crippen molar-refractivity contribution in [2.45, 2.75) is 39.8 Å². The highest BCUT2D eigenvalue weighted by atomic mass is 32.1. The number of hydrogen-bond acceptors (Lipinski definition) is 7. The summed E-state index contributed by atoms with van der Waals surface area (Å²) in [4.78, 5) is 21.5. The van der Waals surface area contributed by atoms with Crippen LogP contribution in [0.25, 0.3) is 20.8 Å². The molecule has 0 bridgehead atoms. The summed E-state index contributed by atoms with van der Waals surface area (Å²) in [5.74, 6) is -0.0600. The number of thiophene rings is 1. The summed E-state index contributed by atoms with van der Waals surface area (Å²) in [5, 5.41) is 8.70. The van der Waals surface area contributed by atoms with Crippen molar-refractivity contribution >= 4 is 43.8 Å². The first-order valence-electron chi connectivity index (χ1n) is 9.99. The molecule has 0 atom stereocenters. The third-order valence-electron chi connectivity index (χ3n) is 5.40. The molecule has 3 aromatic heterocycles. The molecule has 0 aliphatic carbocycles. The summed E-state index contributed by atoms with van der Waals surface area (Å²) in [6.45, 7) is 8.15. The Hall–Kier alpha value is -2.55. The minimum absolute atomic E-state index is 0.220. The highest BCUT2D eigenvalue weighted by Crippen LogP contribution is 2.46. The predicted octanol–water partition coefficient (Wildman–Crippen LogP) is 5.34. The zero-order valence-corrected chi connectivity index (χ0v) is 18.7. The van der Waals surface area contributed by atoms with Crippen molar-refractivity contribution < 1.29 is 9.32 Å². The molecule has 1 aliphatic rings. The molecule has 0 radical (unpaired) electrons. The molecule has 0 saturated heterocycles. The second-order valence-corrected chi connectivity index (χ2v) is 9.93. The Morgan fingerprint density at radius 2 is 2.10 bits per heavy atom. The van der Waals surface area contributed by atoms with Gasteiger partial charge in [-0.05, 0) is 44.9 Å². The fraction of sp³-hybridized carbons (Fsp3) is 0.318. The van der Waals surface area contributed by atoms with Crippen LogP contribution in [0.3, 0.4) is 0 Å². The Morgan fingerprint density at radius 1 is 1.27 bits per heavy atom. The molecule has 0 unspecified atom stereocenters. The molecular formula is C22H22N4O2S2. The largest absolute Gasteiger partial charge is 0.351 e. The van der Waals surface area contributed by atoms with E-state index >= 15 is 0 Å². The summed E-state index contributed by atoms with van der Waals surface area (Å²) in [7, 11) is 0. The summed E-state index contributed by atoms with van der Waals surface area (Å²) in [6.07, 6.45) is 0.951. The highest BCUT2D eigenvalue weighted by Gasteiger charge is 2.29. The number of thiazole rings is 1. The van der Waals surface area contributed by atoms with Gasteiger partial charge in [-0.1, -0.05) is 17.3 Å². The lowest BCUT2D eigenvalue weighted by atomic mass is 10.0. The number of anilines is 1. The lowest BCUT2D eigenvalue weighted by Gasteiger charge is -2.30. The maximum Gasteiger partial charge on any atom is 0.294 e. The van der Waals surface area contributed by atoms with Gasteiger partial charge in [0.25, 0.3) is 5.91 Å². The van der Waals surface area contributed by atoms with Crippen molar-refractivity contribution in [3.63, 3.8) is 0 Å². The Kier molecular flexibility index (Phi) is 4.92. The average molecular weight is 439 g/mol. The van der Waals surface area contributed by atoms with Crippen LogP contribution < -0.4 is 5.32 Å². The van der Waals surface area contributed by atoms with E-state index in [2.05, 4.69) is 35.3 Å². The van der Waals surface area contributed by atoms with Gasteiger partial charge in [-0.25, -0.2) is 4.98 Å². The van der Waals surface area contributed by atoms with Crippen LogP contribution in [0.4, 0.5) is 5.00 Å². The molecule has 1 N–H and O–H groups in total. The lowest BCUT2D eigenvalue weighted by Crippen LogP contribution is -2.35. The first-order chi connectivity index (χ1) is 14.5. The molecule has 30 heavy (non-hydrogen) atoms. The number of carbonyl (C=O) groups excluding carboxylic acids is 1. The second kappa shape index (κ2) is 7.61. The minimum atomic E-state index is -0.280. The van der Waals surface area contributed by atoms with E-state index in [1.54, 1.807) is 35.7 Å². The number of amides is 1.